The normalized spacial score (nSPS) is 29.0. The Bertz CT molecular complexity index is 941. The van der Waals surface area contributed by atoms with Crippen LogP contribution in [-0.2, 0) is 19.7 Å². The van der Waals surface area contributed by atoms with Crippen molar-refractivity contribution in [1.82, 2.24) is 4.90 Å². The van der Waals surface area contributed by atoms with Crippen molar-refractivity contribution in [2.75, 3.05) is 32.9 Å². The molecule has 2 aromatic carbocycles. The second-order valence-electron chi connectivity index (χ2n) is 8.02. The van der Waals surface area contributed by atoms with Crippen molar-refractivity contribution in [2.45, 2.75) is 11.3 Å². The van der Waals surface area contributed by atoms with Gasteiger partial charge >= 0.3 is 0 Å². The Balaban J connectivity index is 1.78. The summed E-state index contributed by atoms with van der Waals surface area (Å²) in [7, 11) is 0. The number of carbonyl (C=O) groups is 2. The third kappa shape index (κ3) is 2.28. The van der Waals surface area contributed by atoms with Crippen LogP contribution >= 0.6 is 0 Å². The second-order valence-corrected chi connectivity index (χ2v) is 8.02. The molecule has 3 N–H and O–H groups in total. The average molecular weight is 392 g/mol. The predicted molar refractivity (Wildman–Crippen MR) is 106 cm³/mol. The molecule has 150 valence electrons. The molecule has 2 unspecified atom stereocenters. The van der Waals surface area contributed by atoms with Gasteiger partial charge in [-0.2, -0.15) is 0 Å². The number of β-amino-alcohol motifs (C(OH)–C–C–N with tert-alkyl or cyclic N) is 1. The minimum Gasteiger partial charge on any atom is -0.395 e. The highest BCUT2D eigenvalue weighted by Gasteiger charge is 2.67. The number of hydrogen-bond donors (Lipinski definition) is 2. The quantitative estimate of drug-likeness (QED) is 0.565. The highest BCUT2D eigenvalue weighted by molar-refractivity contribution is 6.08. The Morgan fingerprint density at radius 1 is 1.00 bits per heavy atom. The van der Waals surface area contributed by atoms with Crippen LogP contribution in [0.5, 0.6) is 0 Å². The molecule has 1 heterocycles. The minimum absolute atomic E-state index is 0.0316. The smallest absolute Gasteiger partial charge is 0.234 e. The molecule has 6 heteroatoms. The molecule has 1 fully saturated rings. The maximum Gasteiger partial charge on any atom is 0.234 e. The van der Waals surface area contributed by atoms with Crippen LogP contribution in [-0.4, -0.2) is 54.7 Å². The molecule has 1 saturated heterocycles. The van der Waals surface area contributed by atoms with E-state index in [1.165, 1.54) is 4.90 Å². The third-order valence-electron chi connectivity index (χ3n) is 6.80. The Hall–Kier alpha value is -2.54. The van der Waals surface area contributed by atoms with E-state index < -0.39 is 17.3 Å². The number of aliphatic hydroxyl groups is 1. The lowest BCUT2D eigenvalue weighted by Crippen LogP contribution is -2.56. The van der Waals surface area contributed by atoms with Crippen LogP contribution in [0, 0.1) is 11.8 Å². The number of nitrogens with zero attached hydrogens (tertiary/aromatic N) is 1. The summed E-state index contributed by atoms with van der Waals surface area (Å²) in [5.41, 5.74) is 9.24. The Kier molecular flexibility index (Phi) is 4.31. The van der Waals surface area contributed by atoms with Crippen LogP contribution < -0.4 is 5.73 Å². The molecule has 2 aromatic rings. The number of likely N-dealkylation sites (tertiary alicyclic amines) is 1. The van der Waals surface area contributed by atoms with Gasteiger partial charge in [-0.1, -0.05) is 48.5 Å². The fraction of sp³-hybridized carbons (Fsp3) is 0.391. The topological polar surface area (TPSA) is 92.9 Å². The molecule has 6 rings (SSSR count). The first kappa shape index (κ1) is 18.5. The summed E-state index contributed by atoms with van der Waals surface area (Å²) in [5, 5.41) is 9.44. The summed E-state index contributed by atoms with van der Waals surface area (Å²) in [6, 6.07) is 16.2. The van der Waals surface area contributed by atoms with Crippen molar-refractivity contribution in [1.29, 1.82) is 0 Å². The fourth-order valence-corrected chi connectivity index (χ4v) is 5.87. The van der Waals surface area contributed by atoms with E-state index in [4.69, 9.17) is 10.5 Å². The van der Waals surface area contributed by atoms with Gasteiger partial charge in [0, 0.05) is 12.5 Å². The van der Waals surface area contributed by atoms with Gasteiger partial charge in [0.15, 0.2) is 0 Å². The number of amides is 2. The lowest BCUT2D eigenvalue weighted by Gasteiger charge is -2.54. The van der Waals surface area contributed by atoms with Crippen LogP contribution in [0.4, 0.5) is 0 Å². The number of hydrogen-bond acceptors (Lipinski definition) is 5. The van der Waals surface area contributed by atoms with Gasteiger partial charge in [0.05, 0.1) is 43.6 Å². The van der Waals surface area contributed by atoms with Crippen LogP contribution in [0.15, 0.2) is 48.5 Å². The molecule has 0 spiro atoms. The molecule has 0 radical (unpaired) electrons. The third-order valence-corrected chi connectivity index (χ3v) is 6.80. The molecule has 29 heavy (non-hydrogen) atoms. The average Bonchev–Trinajstić information content (AvgIpc) is 3.00. The van der Waals surface area contributed by atoms with Crippen LogP contribution in [0.2, 0.25) is 0 Å². The summed E-state index contributed by atoms with van der Waals surface area (Å²) in [5.74, 6) is -1.57. The highest BCUT2D eigenvalue weighted by Crippen LogP contribution is 2.64. The molecule has 2 atom stereocenters. The molecule has 6 nitrogen and oxygen atoms in total. The lowest BCUT2D eigenvalue weighted by molar-refractivity contribution is -0.140. The van der Waals surface area contributed by atoms with Gasteiger partial charge in [-0.3, -0.25) is 14.5 Å². The standard InChI is InChI=1S/C23H24N2O4/c24-9-12-29-13-23-16-7-3-1-5-14(16)18(15-6-2-4-8-17(15)23)19-20(23)22(28)25(10-11-26)21(19)27/h1-8,18-20,26H,9-13,24H2. The van der Waals surface area contributed by atoms with Crippen molar-refractivity contribution in [3.05, 3.63) is 70.8 Å². The Morgan fingerprint density at radius 2 is 1.62 bits per heavy atom. The zero-order chi connectivity index (χ0) is 20.2. The molecule has 3 aliphatic carbocycles. The van der Waals surface area contributed by atoms with Gasteiger partial charge in [-0.05, 0) is 22.3 Å². The van der Waals surface area contributed by atoms with E-state index >= 15 is 0 Å². The van der Waals surface area contributed by atoms with E-state index in [-0.39, 0.29) is 37.5 Å². The van der Waals surface area contributed by atoms with E-state index in [1.807, 2.05) is 24.3 Å². The van der Waals surface area contributed by atoms with Crippen molar-refractivity contribution >= 4 is 11.8 Å². The molecule has 0 aromatic heterocycles. The number of benzene rings is 2. The zero-order valence-electron chi connectivity index (χ0n) is 16.1. The first-order valence-corrected chi connectivity index (χ1v) is 10.1. The SMILES string of the molecule is NCCOCC12c3ccccc3C(c3ccccc31)C1C(=O)N(CCO)C(=O)C12. The van der Waals surface area contributed by atoms with Gasteiger partial charge in [0.25, 0.3) is 0 Å². The Labute approximate surface area is 169 Å². The zero-order valence-corrected chi connectivity index (χ0v) is 16.1. The van der Waals surface area contributed by atoms with Crippen LogP contribution in [0.25, 0.3) is 0 Å². The van der Waals surface area contributed by atoms with E-state index in [0.29, 0.717) is 13.2 Å². The monoisotopic (exact) mass is 392 g/mol. The number of nitrogens with two attached hydrogens (primary N) is 1. The largest absolute Gasteiger partial charge is 0.395 e. The van der Waals surface area contributed by atoms with Crippen LogP contribution in [0.3, 0.4) is 0 Å². The summed E-state index contributed by atoms with van der Waals surface area (Å²) < 4.78 is 5.99. The highest BCUT2D eigenvalue weighted by atomic mass is 16.5. The lowest BCUT2D eigenvalue weighted by atomic mass is 9.47. The van der Waals surface area contributed by atoms with Crippen molar-refractivity contribution < 1.29 is 19.4 Å². The van der Waals surface area contributed by atoms with Gasteiger partial charge in [-0.15, -0.1) is 0 Å². The van der Waals surface area contributed by atoms with Gasteiger partial charge in [-0.25, -0.2) is 0 Å². The van der Waals surface area contributed by atoms with Crippen molar-refractivity contribution in [3.63, 3.8) is 0 Å². The van der Waals surface area contributed by atoms with Crippen molar-refractivity contribution in [2.24, 2.45) is 17.6 Å². The van der Waals surface area contributed by atoms with Crippen LogP contribution in [0.1, 0.15) is 28.2 Å². The van der Waals surface area contributed by atoms with Gasteiger partial charge < -0.3 is 15.6 Å². The maximum atomic E-state index is 13.5. The number of ether oxygens (including phenoxy) is 1. The second kappa shape index (κ2) is 6.76. The van der Waals surface area contributed by atoms with E-state index in [9.17, 15) is 14.7 Å². The number of rotatable bonds is 6. The number of aliphatic hydroxyl groups excluding tert-OH is 1. The molecule has 2 bridgehead atoms. The molecular weight excluding hydrogens is 368 g/mol. The van der Waals surface area contributed by atoms with Crippen molar-refractivity contribution in [3.8, 4) is 0 Å². The van der Waals surface area contributed by atoms with E-state index in [1.54, 1.807) is 0 Å². The summed E-state index contributed by atoms with van der Waals surface area (Å²) in [6.45, 7) is 0.856. The predicted octanol–water partition coefficient (Wildman–Crippen LogP) is 1.00. The number of carbonyl (C=O) groups excluding carboxylic acids is 2. The van der Waals surface area contributed by atoms with Gasteiger partial charge in [0.1, 0.15) is 0 Å². The molecular formula is C23H24N2O4. The summed E-state index contributed by atoms with van der Waals surface area (Å²) >= 11 is 0. The first-order chi connectivity index (χ1) is 14.2. The van der Waals surface area contributed by atoms with Gasteiger partial charge in [0.2, 0.25) is 11.8 Å². The molecule has 2 amide bonds. The fourth-order valence-electron chi connectivity index (χ4n) is 5.87. The molecule has 1 aliphatic heterocycles. The van der Waals surface area contributed by atoms with E-state index in [2.05, 4.69) is 24.3 Å². The molecule has 0 saturated carbocycles. The maximum absolute atomic E-state index is 13.5. The summed E-state index contributed by atoms with van der Waals surface area (Å²) in [6.07, 6.45) is 0. The molecule has 4 aliphatic rings. The van der Waals surface area contributed by atoms with E-state index in [0.717, 1.165) is 22.3 Å². The summed E-state index contributed by atoms with van der Waals surface area (Å²) in [4.78, 5) is 28.1. The first-order valence-electron chi connectivity index (χ1n) is 10.1. The minimum atomic E-state index is -0.737. The number of imide groups is 1. The Morgan fingerprint density at radius 3 is 2.21 bits per heavy atom.